The summed E-state index contributed by atoms with van der Waals surface area (Å²) in [5.41, 5.74) is 1.51. The second kappa shape index (κ2) is 4.67. The predicted molar refractivity (Wildman–Crippen MR) is 63.1 cm³/mol. The number of hydrogen-bond donors (Lipinski definition) is 0. The summed E-state index contributed by atoms with van der Waals surface area (Å²) in [5, 5.41) is 8.83. The fourth-order valence-electron chi connectivity index (χ4n) is 1.70. The van der Waals surface area contributed by atoms with Gasteiger partial charge >= 0.3 is 0 Å². The van der Waals surface area contributed by atoms with Crippen LogP contribution in [0.5, 0.6) is 5.75 Å². The SMILES string of the molecule is COc1cccc(F)c1-c1cccc(C#N)c1. The van der Waals surface area contributed by atoms with Gasteiger partial charge in [0, 0.05) is 0 Å². The molecule has 2 aromatic carbocycles. The van der Waals surface area contributed by atoms with E-state index < -0.39 is 0 Å². The molecule has 0 heterocycles. The minimum atomic E-state index is -0.362. The summed E-state index contributed by atoms with van der Waals surface area (Å²) in [6.45, 7) is 0. The summed E-state index contributed by atoms with van der Waals surface area (Å²) in [4.78, 5) is 0. The van der Waals surface area contributed by atoms with E-state index in [9.17, 15) is 4.39 Å². The second-order valence-electron chi connectivity index (χ2n) is 3.51. The van der Waals surface area contributed by atoms with E-state index in [0.717, 1.165) is 0 Å². The molecule has 0 spiro atoms. The molecule has 0 aliphatic rings. The lowest BCUT2D eigenvalue weighted by atomic mass is 10.0. The third kappa shape index (κ3) is 2.11. The normalized spacial score (nSPS) is 9.71. The average molecular weight is 227 g/mol. The lowest BCUT2D eigenvalue weighted by Gasteiger charge is -2.09. The number of methoxy groups -OCH3 is 1. The molecule has 0 aliphatic carbocycles. The molecule has 2 rings (SSSR count). The highest BCUT2D eigenvalue weighted by molar-refractivity contribution is 5.72. The van der Waals surface area contributed by atoms with Crippen LogP contribution >= 0.6 is 0 Å². The van der Waals surface area contributed by atoms with Crippen LogP contribution in [0.2, 0.25) is 0 Å². The molecule has 2 aromatic rings. The van der Waals surface area contributed by atoms with Crippen molar-refractivity contribution < 1.29 is 9.13 Å². The molecule has 0 bridgehead atoms. The molecular formula is C14H10FNO. The summed E-state index contributed by atoms with van der Waals surface area (Å²) in [6, 6.07) is 13.5. The topological polar surface area (TPSA) is 33.0 Å². The molecule has 0 amide bonds. The number of halogens is 1. The fraction of sp³-hybridized carbons (Fsp3) is 0.0714. The molecule has 0 unspecified atom stereocenters. The standard InChI is InChI=1S/C14H10FNO/c1-17-13-7-3-6-12(15)14(13)11-5-2-4-10(8-11)9-16/h2-8H,1H3. The number of hydrogen-bond acceptors (Lipinski definition) is 2. The van der Waals surface area contributed by atoms with Crippen molar-refractivity contribution in [2.75, 3.05) is 7.11 Å². The van der Waals surface area contributed by atoms with Gasteiger partial charge in [-0.05, 0) is 29.8 Å². The molecule has 17 heavy (non-hydrogen) atoms. The van der Waals surface area contributed by atoms with E-state index in [2.05, 4.69) is 0 Å². The third-order valence-corrected chi connectivity index (χ3v) is 2.48. The zero-order valence-electron chi connectivity index (χ0n) is 9.27. The van der Waals surface area contributed by atoms with Crippen LogP contribution in [0, 0.1) is 17.1 Å². The predicted octanol–water partition coefficient (Wildman–Crippen LogP) is 3.37. The van der Waals surface area contributed by atoms with Crippen LogP contribution in [0.4, 0.5) is 4.39 Å². The summed E-state index contributed by atoms with van der Waals surface area (Å²) >= 11 is 0. The summed E-state index contributed by atoms with van der Waals surface area (Å²) in [7, 11) is 1.49. The van der Waals surface area contributed by atoms with Crippen LogP contribution < -0.4 is 4.74 Å². The average Bonchev–Trinajstić information content (AvgIpc) is 2.38. The van der Waals surface area contributed by atoms with Crippen LogP contribution in [-0.4, -0.2) is 7.11 Å². The molecular weight excluding hydrogens is 217 g/mol. The summed E-state index contributed by atoms with van der Waals surface area (Å²) < 4.78 is 18.9. The first-order valence-electron chi connectivity index (χ1n) is 5.09. The maximum atomic E-state index is 13.8. The fourth-order valence-corrected chi connectivity index (χ4v) is 1.70. The van der Waals surface area contributed by atoms with Gasteiger partial charge in [-0.2, -0.15) is 5.26 Å². The Labute approximate surface area is 98.9 Å². The van der Waals surface area contributed by atoms with Crippen molar-refractivity contribution in [1.29, 1.82) is 5.26 Å². The van der Waals surface area contributed by atoms with Crippen molar-refractivity contribution in [3.05, 3.63) is 53.8 Å². The van der Waals surface area contributed by atoms with Crippen molar-refractivity contribution in [3.8, 4) is 22.9 Å². The van der Waals surface area contributed by atoms with E-state index in [1.807, 2.05) is 6.07 Å². The molecule has 0 N–H and O–H groups in total. The Morgan fingerprint density at radius 3 is 2.65 bits per heavy atom. The van der Waals surface area contributed by atoms with Crippen LogP contribution in [0.3, 0.4) is 0 Å². The van der Waals surface area contributed by atoms with Gasteiger partial charge in [0.05, 0.1) is 24.3 Å². The maximum Gasteiger partial charge on any atom is 0.134 e. The van der Waals surface area contributed by atoms with E-state index in [1.54, 1.807) is 36.4 Å². The highest BCUT2D eigenvalue weighted by Crippen LogP contribution is 2.32. The van der Waals surface area contributed by atoms with E-state index >= 15 is 0 Å². The molecule has 0 fully saturated rings. The summed E-state index contributed by atoms with van der Waals surface area (Å²) in [5.74, 6) is 0.0968. The van der Waals surface area contributed by atoms with Gasteiger partial charge < -0.3 is 4.74 Å². The zero-order chi connectivity index (χ0) is 12.3. The Morgan fingerprint density at radius 2 is 1.94 bits per heavy atom. The molecule has 0 aliphatic heterocycles. The number of nitrogens with zero attached hydrogens (tertiary/aromatic N) is 1. The van der Waals surface area contributed by atoms with Gasteiger partial charge in [0.25, 0.3) is 0 Å². The number of rotatable bonds is 2. The van der Waals surface area contributed by atoms with Gasteiger partial charge in [-0.15, -0.1) is 0 Å². The highest BCUT2D eigenvalue weighted by Gasteiger charge is 2.11. The zero-order valence-corrected chi connectivity index (χ0v) is 9.27. The largest absolute Gasteiger partial charge is 0.496 e. The first-order valence-corrected chi connectivity index (χ1v) is 5.09. The Bertz CT molecular complexity index is 587. The quantitative estimate of drug-likeness (QED) is 0.788. The summed E-state index contributed by atoms with van der Waals surface area (Å²) in [6.07, 6.45) is 0. The van der Waals surface area contributed by atoms with Crippen molar-refractivity contribution >= 4 is 0 Å². The highest BCUT2D eigenvalue weighted by atomic mass is 19.1. The monoisotopic (exact) mass is 227 g/mol. The molecule has 3 heteroatoms. The molecule has 0 atom stereocenters. The van der Waals surface area contributed by atoms with Crippen molar-refractivity contribution in [3.63, 3.8) is 0 Å². The Balaban J connectivity index is 2.64. The van der Waals surface area contributed by atoms with Crippen molar-refractivity contribution in [1.82, 2.24) is 0 Å². The number of benzene rings is 2. The van der Waals surface area contributed by atoms with Gasteiger partial charge in [0.15, 0.2) is 0 Å². The van der Waals surface area contributed by atoms with E-state index in [1.165, 1.54) is 13.2 Å². The van der Waals surface area contributed by atoms with E-state index in [0.29, 0.717) is 22.4 Å². The molecule has 0 saturated heterocycles. The van der Waals surface area contributed by atoms with Gasteiger partial charge in [-0.3, -0.25) is 0 Å². The maximum absolute atomic E-state index is 13.8. The molecule has 84 valence electrons. The molecule has 0 saturated carbocycles. The van der Waals surface area contributed by atoms with Crippen LogP contribution in [0.25, 0.3) is 11.1 Å². The Hall–Kier alpha value is -2.34. The van der Waals surface area contributed by atoms with Gasteiger partial charge in [-0.1, -0.05) is 18.2 Å². The van der Waals surface area contributed by atoms with E-state index in [-0.39, 0.29) is 5.82 Å². The third-order valence-electron chi connectivity index (χ3n) is 2.48. The minimum absolute atomic E-state index is 0.362. The Morgan fingerprint density at radius 1 is 1.18 bits per heavy atom. The second-order valence-corrected chi connectivity index (χ2v) is 3.51. The Kier molecular flexibility index (Phi) is 3.06. The van der Waals surface area contributed by atoms with Crippen molar-refractivity contribution in [2.24, 2.45) is 0 Å². The van der Waals surface area contributed by atoms with Crippen LogP contribution in [-0.2, 0) is 0 Å². The first-order chi connectivity index (χ1) is 8.26. The smallest absolute Gasteiger partial charge is 0.134 e. The van der Waals surface area contributed by atoms with Crippen molar-refractivity contribution in [2.45, 2.75) is 0 Å². The number of nitriles is 1. The van der Waals surface area contributed by atoms with Crippen LogP contribution in [0.15, 0.2) is 42.5 Å². The first kappa shape index (κ1) is 11.2. The van der Waals surface area contributed by atoms with Gasteiger partial charge in [0.1, 0.15) is 11.6 Å². The van der Waals surface area contributed by atoms with E-state index in [4.69, 9.17) is 10.00 Å². The van der Waals surface area contributed by atoms with Crippen LogP contribution in [0.1, 0.15) is 5.56 Å². The molecule has 0 aromatic heterocycles. The lowest BCUT2D eigenvalue weighted by Crippen LogP contribution is -1.91. The lowest BCUT2D eigenvalue weighted by molar-refractivity contribution is 0.413. The molecule has 0 radical (unpaired) electrons. The minimum Gasteiger partial charge on any atom is -0.496 e. The molecule has 2 nitrogen and oxygen atoms in total. The van der Waals surface area contributed by atoms with Gasteiger partial charge in [-0.25, -0.2) is 4.39 Å². The van der Waals surface area contributed by atoms with Gasteiger partial charge in [0.2, 0.25) is 0 Å². The number of ether oxygens (including phenoxy) is 1.